The van der Waals surface area contributed by atoms with E-state index in [2.05, 4.69) is 21.2 Å². The van der Waals surface area contributed by atoms with E-state index in [1.165, 1.54) is 0 Å². The van der Waals surface area contributed by atoms with Gasteiger partial charge in [0.15, 0.2) is 0 Å². The van der Waals surface area contributed by atoms with E-state index in [4.69, 9.17) is 9.84 Å². The first kappa shape index (κ1) is 14.6. The molecule has 0 spiro atoms. The van der Waals surface area contributed by atoms with Crippen LogP contribution >= 0.6 is 15.9 Å². The van der Waals surface area contributed by atoms with Gasteiger partial charge in [-0.2, -0.15) is 0 Å². The number of aliphatic carboxylic acids is 1. The first-order valence-corrected chi connectivity index (χ1v) is 6.90. The third-order valence-electron chi connectivity index (χ3n) is 3.11. The first-order chi connectivity index (χ1) is 9.49. The Bertz CT molecular complexity index is 529. The van der Waals surface area contributed by atoms with Crippen LogP contribution in [-0.4, -0.2) is 42.2 Å². The molecule has 6 nitrogen and oxygen atoms in total. The number of ether oxygens (including phenoxy) is 1. The second kappa shape index (κ2) is 6.13. The van der Waals surface area contributed by atoms with Crippen molar-refractivity contribution in [3.63, 3.8) is 0 Å². The Morgan fingerprint density at radius 1 is 1.50 bits per heavy atom. The van der Waals surface area contributed by atoms with Crippen molar-refractivity contribution in [1.29, 1.82) is 0 Å². The Labute approximate surface area is 124 Å². The van der Waals surface area contributed by atoms with Gasteiger partial charge in [0, 0.05) is 24.7 Å². The van der Waals surface area contributed by atoms with Crippen molar-refractivity contribution in [2.75, 3.05) is 25.5 Å². The van der Waals surface area contributed by atoms with Gasteiger partial charge in [0.05, 0.1) is 18.0 Å². The fourth-order valence-electron chi connectivity index (χ4n) is 2.06. The third kappa shape index (κ3) is 3.41. The number of likely N-dealkylation sites (tertiary alicyclic amines) is 1. The summed E-state index contributed by atoms with van der Waals surface area (Å²) in [6.07, 6.45) is 0.109. The normalized spacial score (nSPS) is 14.6. The molecule has 2 N–H and O–H groups in total. The van der Waals surface area contributed by atoms with E-state index in [-0.39, 0.29) is 18.4 Å². The lowest BCUT2D eigenvalue weighted by Gasteiger charge is -2.38. The Hall–Kier alpha value is -1.76. The number of halogens is 1. The lowest BCUT2D eigenvalue weighted by Crippen LogP contribution is -2.52. The van der Waals surface area contributed by atoms with Crippen LogP contribution in [0.5, 0.6) is 5.75 Å². The van der Waals surface area contributed by atoms with E-state index < -0.39 is 5.97 Å². The van der Waals surface area contributed by atoms with Crippen molar-refractivity contribution in [1.82, 2.24) is 4.90 Å². The molecule has 2 rings (SSSR count). The summed E-state index contributed by atoms with van der Waals surface area (Å²) in [5, 5.41) is 11.4. The molecule has 0 bridgehead atoms. The van der Waals surface area contributed by atoms with E-state index in [0.717, 1.165) is 4.47 Å². The number of hydrogen-bond acceptors (Lipinski definition) is 3. The molecule has 1 aromatic carbocycles. The predicted molar refractivity (Wildman–Crippen MR) is 77.0 cm³/mol. The van der Waals surface area contributed by atoms with Crippen molar-refractivity contribution in [3.8, 4) is 5.75 Å². The topological polar surface area (TPSA) is 78.9 Å². The van der Waals surface area contributed by atoms with Crippen LogP contribution in [0.2, 0.25) is 0 Å². The molecule has 0 aromatic heterocycles. The molecular weight excluding hydrogens is 328 g/mol. The van der Waals surface area contributed by atoms with Crippen LogP contribution < -0.4 is 10.1 Å². The van der Waals surface area contributed by atoms with Gasteiger partial charge in [0.25, 0.3) is 0 Å². The molecular formula is C13H15BrN2O4. The average molecular weight is 343 g/mol. The van der Waals surface area contributed by atoms with Gasteiger partial charge in [-0.25, -0.2) is 4.79 Å². The number of carbonyl (C=O) groups is 2. The summed E-state index contributed by atoms with van der Waals surface area (Å²) >= 11 is 3.35. The number of methoxy groups -OCH3 is 1. The Kier molecular flexibility index (Phi) is 4.49. The van der Waals surface area contributed by atoms with Crippen LogP contribution in [-0.2, 0) is 4.79 Å². The SMILES string of the molecule is COc1ccc(NC(=O)N2CC(CC(=O)O)C2)cc1Br. The lowest BCUT2D eigenvalue weighted by atomic mass is 9.97. The summed E-state index contributed by atoms with van der Waals surface area (Å²) in [5.41, 5.74) is 0.657. The van der Waals surface area contributed by atoms with Gasteiger partial charge in [0.1, 0.15) is 5.75 Å². The Morgan fingerprint density at radius 2 is 2.20 bits per heavy atom. The molecule has 0 unspecified atom stereocenters. The van der Waals surface area contributed by atoms with Crippen LogP contribution in [0.3, 0.4) is 0 Å². The van der Waals surface area contributed by atoms with Crippen LogP contribution in [0.15, 0.2) is 22.7 Å². The molecule has 1 aliphatic heterocycles. The van der Waals surface area contributed by atoms with Gasteiger partial charge in [-0.15, -0.1) is 0 Å². The smallest absolute Gasteiger partial charge is 0.321 e. The van der Waals surface area contributed by atoms with Gasteiger partial charge in [0.2, 0.25) is 0 Å². The molecule has 20 heavy (non-hydrogen) atoms. The number of nitrogens with zero attached hydrogens (tertiary/aromatic N) is 1. The van der Waals surface area contributed by atoms with Gasteiger partial charge in [-0.05, 0) is 34.1 Å². The average Bonchev–Trinajstić information content (AvgIpc) is 2.33. The Morgan fingerprint density at radius 3 is 2.75 bits per heavy atom. The molecule has 1 saturated heterocycles. The number of carbonyl (C=O) groups excluding carboxylic acids is 1. The number of anilines is 1. The van der Waals surface area contributed by atoms with E-state index in [1.807, 2.05) is 0 Å². The number of rotatable bonds is 4. The zero-order chi connectivity index (χ0) is 14.7. The molecule has 0 aliphatic carbocycles. The number of carboxylic acid groups (broad SMARTS) is 1. The minimum Gasteiger partial charge on any atom is -0.496 e. The minimum absolute atomic E-state index is 0.0563. The standard InChI is InChI=1S/C13H15BrN2O4/c1-20-11-3-2-9(5-10(11)14)15-13(19)16-6-8(7-16)4-12(17)18/h2-3,5,8H,4,6-7H2,1H3,(H,15,19)(H,17,18). The molecule has 1 heterocycles. The highest BCUT2D eigenvalue weighted by Crippen LogP contribution is 2.28. The minimum atomic E-state index is -0.825. The van der Waals surface area contributed by atoms with Crippen LogP contribution in [0.4, 0.5) is 10.5 Å². The van der Waals surface area contributed by atoms with Crippen LogP contribution in [0.1, 0.15) is 6.42 Å². The van der Waals surface area contributed by atoms with Crippen molar-refractivity contribution in [2.45, 2.75) is 6.42 Å². The summed E-state index contributed by atoms with van der Waals surface area (Å²) in [4.78, 5) is 24.0. The number of benzene rings is 1. The molecule has 1 aromatic rings. The second-order valence-electron chi connectivity index (χ2n) is 4.65. The Balaban J connectivity index is 1.87. The maximum absolute atomic E-state index is 11.9. The van der Waals surface area contributed by atoms with Crippen molar-refractivity contribution in [2.24, 2.45) is 5.92 Å². The number of urea groups is 1. The summed E-state index contributed by atoms with van der Waals surface area (Å²) in [5.74, 6) is -0.0801. The number of carboxylic acids is 1. The molecule has 7 heteroatoms. The summed E-state index contributed by atoms with van der Waals surface area (Å²) in [6.45, 7) is 0.963. The van der Waals surface area contributed by atoms with Gasteiger partial charge in [-0.1, -0.05) is 0 Å². The number of hydrogen-bond donors (Lipinski definition) is 2. The van der Waals surface area contributed by atoms with E-state index in [0.29, 0.717) is 24.5 Å². The molecule has 1 fully saturated rings. The second-order valence-corrected chi connectivity index (χ2v) is 5.50. The van der Waals surface area contributed by atoms with Gasteiger partial charge >= 0.3 is 12.0 Å². The monoisotopic (exact) mass is 342 g/mol. The molecule has 0 saturated carbocycles. The van der Waals surface area contributed by atoms with E-state index in [9.17, 15) is 9.59 Å². The first-order valence-electron chi connectivity index (χ1n) is 6.11. The van der Waals surface area contributed by atoms with Crippen molar-refractivity contribution < 1.29 is 19.4 Å². The van der Waals surface area contributed by atoms with E-state index in [1.54, 1.807) is 30.2 Å². The summed E-state index contributed by atoms with van der Waals surface area (Å²) in [6, 6.07) is 5.04. The zero-order valence-electron chi connectivity index (χ0n) is 10.9. The molecule has 0 radical (unpaired) electrons. The highest BCUT2D eigenvalue weighted by atomic mass is 79.9. The molecule has 108 valence electrons. The zero-order valence-corrected chi connectivity index (χ0v) is 12.5. The van der Waals surface area contributed by atoms with Crippen LogP contribution in [0.25, 0.3) is 0 Å². The van der Waals surface area contributed by atoms with E-state index >= 15 is 0 Å². The van der Waals surface area contributed by atoms with Crippen molar-refractivity contribution >= 4 is 33.6 Å². The van der Waals surface area contributed by atoms with Gasteiger partial charge in [-0.3, -0.25) is 4.79 Å². The highest BCUT2D eigenvalue weighted by molar-refractivity contribution is 9.10. The fraction of sp³-hybridized carbons (Fsp3) is 0.385. The molecule has 2 amide bonds. The third-order valence-corrected chi connectivity index (χ3v) is 3.73. The number of amides is 2. The fourth-order valence-corrected chi connectivity index (χ4v) is 2.60. The molecule has 1 aliphatic rings. The van der Waals surface area contributed by atoms with Crippen molar-refractivity contribution in [3.05, 3.63) is 22.7 Å². The maximum atomic E-state index is 11.9. The maximum Gasteiger partial charge on any atom is 0.321 e. The quantitative estimate of drug-likeness (QED) is 0.880. The predicted octanol–water partition coefficient (Wildman–Crippen LogP) is 2.40. The summed E-state index contributed by atoms with van der Waals surface area (Å²) in [7, 11) is 1.57. The largest absolute Gasteiger partial charge is 0.496 e. The summed E-state index contributed by atoms with van der Waals surface area (Å²) < 4.78 is 5.86. The lowest BCUT2D eigenvalue weighted by molar-refractivity contribution is -0.139. The molecule has 0 atom stereocenters. The number of nitrogens with one attached hydrogen (secondary N) is 1. The highest BCUT2D eigenvalue weighted by Gasteiger charge is 2.32. The van der Waals surface area contributed by atoms with Gasteiger partial charge < -0.3 is 20.1 Å². The van der Waals surface area contributed by atoms with Crippen LogP contribution in [0, 0.1) is 5.92 Å².